The molecule has 94 valence electrons. The van der Waals surface area contributed by atoms with Crippen molar-refractivity contribution in [1.29, 1.82) is 0 Å². The molecule has 0 N–H and O–H groups in total. The lowest BCUT2D eigenvalue weighted by Gasteiger charge is -2.10. The van der Waals surface area contributed by atoms with Crippen molar-refractivity contribution in [2.45, 2.75) is 5.88 Å². The van der Waals surface area contributed by atoms with Crippen LogP contribution in [0.15, 0.2) is 40.9 Å². The third-order valence-electron chi connectivity index (χ3n) is 2.29. The van der Waals surface area contributed by atoms with Gasteiger partial charge in [-0.15, -0.1) is 11.6 Å². The molecule has 18 heavy (non-hydrogen) atoms. The van der Waals surface area contributed by atoms with Gasteiger partial charge >= 0.3 is 0 Å². The molecule has 1 nitrogen and oxygen atoms in total. The van der Waals surface area contributed by atoms with Crippen LogP contribution in [0.4, 0.5) is 8.78 Å². The third-order valence-corrected chi connectivity index (χ3v) is 3.18. The van der Waals surface area contributed by atoms with Crippen LogP contribution in [-0.2, 0) is 5.88 Å². The Hall–Kier alpha value is -1.13. The Kier molecular flexibility index (Phi) is 4.19. The van der Waals surface area contributed by atoms with E-state index in [-0.39, 0.29) is 17.5 Å². The molecular weight excluding hydrogens is 325 g/mol. The highest BCUT2D eigenvalue weighted by molar-refractivity contribution is 9.10. The SMILES string of the molecule is Fc1ccc(Oc2ccc(F)c(Br)c2)c(CCl)c1. The minimum Gasteiger partial charge on any atom is -0.457 e. The minimum atomic E-state index is -0.377. The molecule has 0 radical (unpaired) electrons. The number of benzene rings is 2. The van der Waals surface area contributed by atoms with E-state index in [4.69, 9.17) is 16.3 Å². The fourth-order valence-corrected chi connectivity index (χ4v) is 1.99. The highest BCUT2D eigenvalue weighted by atomic mass is 79.9. The molecule has 2 aromatic carbocycles. The van der Waals surface area contributed by atoms with E-state index < -0.39 is 0 Å². The molecule has 0 aliphatic heterocycles. The zero-order valence-corrected chi connectivity index (χ0v) is 11.4. The van der Waals surface area contributed by atoms with Gasteiger partial charge in [-0.05, 0) is 52.3 Å². The van der Waals surface area contributed by atoms with E-state index in [1.165, 1.54) is 36.4 Å². The molecule has 0 spiro atoms. The Labute approximate surface area is 116 Å². The van der Waals surface area contributed by atoms with Gasteiger partial charge in [-0.1, -0.05) is 0 Å². The summed E-state index contributed by atoms with van der Waals surface area (Å²) in [4.78, 5) is 0. The van der Waals surface area contributed by atoms with E-state index >= 15 is 0 Å². The molecule has 0 aliphatic carbocycles. The van der Waals surface area contributed by atoms with E-state index in [1.807, 2.05) is 0 Å². The lowest BCUT2D eigenvalue weighted by Crippen LogP contribution is -1.91. The molecule has 0 fully saturated rings. The molecular formula is C13H8BrClF2O. The highest BCUT2D eigenvalue weighted by Gasteiger charge is 2.07. The van der Waals surface area contributed by atoms with Gasteiger partial charge in [0.15, 0.2) is 0 Å². The van der Waals surface area contributed by atoms with E-state index in [0.29, 0.717) is 21.5 Å². The maximum absolute atomic E-state index is 13.1. The number of hydrogen-bond acceptors (Lipinski definition) is 1. The Balaban J connectivity index is 2.30. The fourth-order valence-electron chi connectivity index (χ4n) is 1.42. The van der Waals surface area contributed by atoms with Gasteiger partial charge < -0.3 is 4.74 Å². The summed E-state index contributed by atoms with van der Waals surface area (Å²) in [7, 11) is 0. The Morgan fingerprint density at radius 3 is 2.56 bits per heavy atom. The van der Waals surface area contributed by atoms with Gasteiger partial charge in [0.1, 0.15) is 23.1 Å². The second kappa shape index (κ2) is 5.67. The van der Waals surface area contributed by atoms with E-state index in [9.17, 15) is 8.78 Å². The Morgan fingerprint density at radius 2 is 1.89 bits per heavy atom. The molecule has 0 heterocycles. The number of hydrogen-bond donors (Lipinski definition) is 0. The summed E-state index contributed by atoms with van der Waals surface area (Å²) in [6.07, 6.45) is 0. The van der Waals surface area contributed by atoms with E-state index in [0.717, 1.165) is 0 Å². The molecule has 0 aliphatic rings. The molecule has 0 saturated carbocycles. The average Bonchev–Trinajstić information content (AvgIpc) is 2.36. The molecule has 0 unspecified atom stereocenters. The van der Waals surface area contributed by atoms with Crippen molar-refractivity contribution in [3.8, 4) is 11.5 Å². The zero-order valence-electron chi connectivity index (χ0n) is 9.09. The monoisotopic (exact) mass is 332 g/mol. The summed E-state index contributed by atoms with van der Waals surface area (Å²) in [5, 5.41) is 0. The van der Waals surface area contributed by atoms with Crippen LogP contribution in [0.1, 0.15) is 5.56 Å². The van der Waals surface area contributed by atoms with Crippen LogP contribution in [0.5, 0.6) is 11.5 Å². The molecule has 0 bridgehead atoms. The summed E-state index contributed by atoms with van der Waals surface area (Å²) < 4.78 is 31.9. The van der Waals surface area contributed by atoms with Gasteiger partial charge in [0.25, 0.3) is 0 Å². The standard InChI is InChI=1S/C13H8BrClF2O/c14-11-6-10(2-3-12(11)17)18-13-4-1-9(16)5-8(13)7-15/h1-6H,7H2. The molecule has 0 atom stereocenters. The quantitative estimate of drug-likeness (QED) is 0.696. The van der Waals surface area contributed by atoms with Gasteiger partial charge in [-0.25, -0.2) is 8.78 Å². The van der Waals surface area contributed by atoms with Crippen molar-refractivity contribution in [3.05, 3.63) is 58.1 Å². The second-order valence-electron chi connectivity index (χ2n) is 3.56. The predicted octanol–water partition coefficient (Wildman–Crippen LogP) is 5.26. The van der Waals surface area contributed by atoms with Crippen LogP contribution in [0.3, 0.4) is 0 Å². The number of rotatable bonds is 3. The first kappa shape index (κ1) is 13.3. The Morgan fingerprint density at radius 1 is 1.11 bits per heavy atom. The Bertz CT molecular complexity index is 575. The van der Waals surface area contributed by atoms with Gasteiger partial charge in [-0.2, -0.15) is 0 Å². The van der Waals surface area contributed by atoms with Crippen molar-refractivity contribution in [2.75, 3.05) is 0 Å². The van der Waals surface area contributed by atoms with Crippen molar-refractivity contribution < 1.29 is 13.5 Å². The van der Waals surface area contributed by atoms with Gasteiger partial charge in [0.2, 0.25) is 0 Å². The van der Waals surface area contributed by atoms with Gasteiger partial charge in [-0.3, -0.25) is 0 Å². The van der Waals surface area contributed by atoms with Crippen LogP contribution in [0.25, 0.3) is 0 Å². The molecule has 0 aromatic heterocycles. The van der Waals surface area contributed by atoms with Gasteiger partial charge in [0, 0.05) is 5.56 Å². The fraction of sp³-hybridized carbons (Fsp3) is 0.0769. The summed E-state index contributed by atoms with van der Waals surface area (Å²) in [6, 6.07) is 8.34. The summed E-state index contributed by atoms with van der Waals surface area (Å²) in [5.74, 6) is 0.276. The molecule has 2 rings (SSSR count). The maximum atomic E-state index is 13.1. The van der Waals surface area contributed by atoms with Crippen LogP contribution < -0.4 is 4.74 Å². The summed E-state index contributed by atoms with van der Waals surface area (Å²) in [6.45, 7) is 0. The third kappa shape index (κ3) is 3.00. The van der Waals surface area contributed by atoms with Crippen LogP contribution in [-0.4, -0.2) is 0 Å². The second-order valence-corrected chi connectivity index (χ2v) is 4.69. The van der Waals surface area contributed by atoms with Crippen molar-refractivity contribution in [2.24, 2.45) is 0 Å². The van der Waals surface area contributed by atoms with Crippen LogP contribution in [0, 0.1) is 11.6 Å². The largest absolute Gasteiger partial charge is 0.457 e. The van der Waals surface area contributed by atoms with Crippen LogP contribution >= 0.6 is 27.5 Å². The van der Waals surface area contributed by atoms with Gasteiger partial charge in [0.05, 0.1) is 10.4 Å². The lowest BCUT2D eigenvalue weighted by molar-refractivity contribution is 0.473. The van der Waals surface area contributed by atoms with E-state index in [1.54, 1.807) is 0 Å². The first-order valence-corrected chi connectivity index (χ1v) is 6.40. The predicted molar refractivity (Wildman–Crippen MR) is 70.1 cm³/mol. The average molecular weight is 334 g/mol. The molecule has 5 heteroatoms. The van der Waals surface area contributed by atoms with Crippen molar-refractivity contribution in [3.63, 3.8) is 0 Å². The molecule has 0 saturated heterocycles. The normalized spacial score (nSPS) is 10.4. The van der Waals surface area contributed by atoms with Crippen molar-refractivity contribution in [1.82, 2.24) is 0 Å². The topological polar surface area (TPSA) is 9.23 Å². The summed E-state index contributed by atoms with van der Waals surface area (Å²) in [5.41, 5.74) is 0.539. The summed E-state index contributed by atoms with van der Waals surface area (Å²) >= 11 is 8.78. The maximum Gasteiger partial charge on any atom is 0.137 e. The highest BCUT2D eigenvalue weighted by Crippen LogP contribution is 2.29. The van der Waals surface area contributed by atoms with Crippen LogP contribution in [0.2, 0.25) is 0 Å². The first-order chi connectivity index (χ1) is 8.60. The van der Waals surface area contributed by atoms with E-state index in [2.05, 4.69) is 15.9 Å². The smallest absolute Gasteiger partial charge is 0.137 e. The molecule has 2 aromatic rings. The number of alkyl halides is 1. The number of halogens is 4. The van der Waals surface area contributed by atoms with Crippen molar-refractivity contribution >= 4 is 27.5 Å². The first-order valence-electron chi connectivity index (χ1n) is 5.07. The minimum absolute atomic E-state index is 0.134. The zero-order chi connectivity index (χ0) is 13.1. The number of ether oxygens (including phenoxy) is 1. The lowest BCUT2D eigenvalue weighted by atomic mass is 10.2. The molecule has 0 amide bonds.